The van der Waals surface area contributed by atoms with Crippen molar-refractivity contribution in [3.05, 3.63) is 23.0 Å². The Labute approximate surface area is 101 Å². The highest BCUT2D eigenvalue weighted by Crippen LogP contribution is 2.22. The summed E-state index contributed by atoms with van der Waals surface area (Å²) in [6, 6.07) is 0. The van der Waals surface area contributed by atoms with Crippen molar-refractivity contribution in [1.29, 1.82) is 0 Å². The molecule has 0 fully saturated rings. The zero-order valence-electron chi connectivity index (χ0n) is 8.54. The molecule has 3 N–H and O–H groups in total. The molecule has 0 unspecified atom stereocenters. The first-order valence-electron chi connectivity index (χ1n) is 4.48. The molecule has 0 aromatic carbocycles. The topological polar surface area (TPSA) is 89.6 Å². The maximum Gasteiger partial charge on any atom is 0.219 e. The summed E-state index contributed by atoms with van der Waals surface area (Å²) in [6.45, 7) is 1.96. The van der Waals surface area contributed by atoms with Crippen molar-refractivity contribution in [3.8, 4) is 0 Å². The molecule has 0 aliphatic heterocycles. The quantitative estimate of drug-likeness (QED) is 0.367. The SMILES string of the molecule is Cc1cnc(SCc2nnc(NN)s2)nc1. The Hall–Kier alpha value is -1.25. The Balaban J connectivity index is 1.94. The van der Waals surface area contributed by atoms with Crippen LogP contribution in [0.15, 0.2) is 17.6 Å². The molecular weight excluding hydrogens is 244 g/mol. The number of thioether (sulfide) groups is 1. The van der Waals surface area contributed by atoms with Crippen molar-refractivity contribution in [2.75, 3.05) is 5.43 Å². The first kappa shape index (κ1) is 11.2. The fourth-order valence-electron chi connectivity index (χ4n) is 0.952. The first-order chi connectivity index (χ1) is 7.78. The summed E-state index contributed by atoms with van der Waals surface area (Å²) in [5.74, 6) is 5.91. The molecule has 84 valence electrons. The smallest absolute Gasteiger partial charge is 0.219 e. The van der Waals surface area contributed by atoms with E-state index in [1.165, 1.54) is 23.1 Å². The van der Waals surface area contributed by atoms with Crippen molar-refractivity contribution in [2.45, 2.75) is 17.8 Å². The molecule has 0 saturated heterocycles. The number of nitrogen functional groups attached to an aromatic ring is 1. The molecule has 0 spiro atoms. The van der Waals surface area contributed by atoms with Crippen molar-refractivity contribution < 1.29 is 0 Å². The number of nitrogens with two attached hydrogens (primary N) is 1. The van der Waals surface area contributed by atoms with Crippen molar-refractivity contribution in [2.24, 2.45) is 5.84 Å². The molecule has 6 nitrogen and oxygen atoms in total. The molecule has 2 rings (SSSR count). The minimum atomic E-state index is 0.612. The summed E-state index contributed by atoms with van der Waals surface area (Å²) in [4.78, 5) is 8.38. The lowest BCUT2D eigenvalue weighted by Crippen LogP contribution is -2.05. The standard InChI is InChI=1S/C8H10N6S2/c1-5-2-10-7(11-3-5)15-4-6-13-14-8(12-9)16-6/h2-3H,4,9H2,1H3,(H,12,14). The van der Waals surface area contributed by atoms with E-state index in [-0.39, 0.29) is 0 Å². The van der Waals surface area contributed by atoms with Crippen molar-refractivity contribution in [1.82, 2.24) is 20.2 Å². The Bertz CT molecular complexity index is 454. The van der Waals surface area contributed by atoms with Crippen LogP contribution in [-0.2, 0) is 5.75 Å². The highest BCUT2D eigenvalue weighted by atomic mass is 32.2. The Morgan fingerprint density at radius 2 is 2.12 bits per heavy atom. The van der Waals surface area contributed by atoms with E-state index in [2.05, 4.69) is 25.6 Å². The zero-order valence-corrected chi connectivity index (χ0v) is 10.2. The second kappa shape index (κ2) is 5.19. The molecule has 0 bridgehead atoms. The molecule has 2 aromatic heterocycles. The van der Waals surface area contributed by atoms with Gasteiger partial charge in [-0.3, -0.25) is 5.43 Å². The van der Waals surface area contributed by atoms with Gasteiger partial charge in [-0.1, -0.05) is 23.1 Å². The van der Waals surface area contributed by atoms with Crippen LogP contribution < -0.4 is 11.3 Å². The summed E-state index contributed by atoms with van der Waals surface area (Å²) >= 11 is 2.94. The number of rotatable bonds is 4. The molecule has 2 aromatic rings. The van der Waals surface area contributed by atoms with Gasteiger partial charge in [0, 0.05) is 12.4 Å². The maximum atomic E-state index is 5.21. The lowest BCUT2D eigenvalue weighted by molar-refractivity contribution is 0.947. The zero-order chi connectivity index (χ0) is 11.4. The third-order valence-electron chi connectivity index (χ3n) is 1.67. The summed E-state index contributed by atoms with van der Waals surface area (Å²) in [5, 5.41) is 10.0. The summed E-state index contributed by atoms with van der Waals surface area (Å²) < 4.78 is 0. The molecule has 0 amide bonds. The van der Waals surface area contributed by atoms with Gasteiger partial charge in [0.2, 0.25) is 5.13 Å². The third kappa shape index (κ3) is 2.87. The summed E-state index contributed by atoms with van der Waals surface area (Å²) in [6.07, 6.45) is 3.59. The van der Waals surface area contributed by atoms with Gasteiger partial charge in [-0.15, -0.1) is 10.2 Å². The van der Waals surface area contributed by atoms with Crippen LogP contribution in [0.2, 0.25) is 0 Å². The van der Waals surface area contributed by atoms with Crippen LogP contribution in [0.1, 0.15) is 10.6 Å². The molecule has 0 aliphatic rings. The van der Waals surface area contributed by atoms with Crippen LogP contribution in [0.5, 0.6) is 0 Å². The minimum Gasteiger partial charge on any atom is -0.298 e. The second-order valence-corrected chi connectivity index (χ2v) is 4.98. The number of aromatic nitrogens is 4. The number of hydrogen-bond acceptors (Lipinski definition) is 8. The number of hydrazine groups is 1. The van der Waals surface area contributed by atoms with E-state index in [1.807, 2.05) is 6.92 Å². The van der Waals surface area contributed by atoms with Gasteiger partial charge in [0.15, 0.2) is 5.16 Å². The van der Waals surface area contributed by atoms with E-state index in [0.29, 0.717) is 10.9 Å². The number of nitrogens with one attached hydrogen (secondary N) is 1. The molecule has 0 aliphatic carbocycles. The highest BCUT2D eigenvalue weighted by Gasteiger charge is 2.04. The monoisotopic (exact) mass is 254 g/mol. The molecule has 0 atom stereocenters. The van der Waals surface area contributed by atoms with Gasteiger partial charge >= 0.3 is 0 Å². The van der Waals surface area contributed by atoms with E-state index in [4.69, 9.17) is 5.84 Å². The molecular formula is C8H10N6S2. The normalized spacial score (nSPS) is 10.4. The van der Waals surface area contributed by atoms with Crippen LogP contribution in [0, 0.1) is 6.92 Å². The van der Waals surface area contributed by atoms with Gasteiger partial charge in [-0.05, 0) is 12.5 Å². The van der Waals surface area contributed by atoms with Gasteiger partial charge in [0.25, 0.3) is 0 Å². The molecule has 0 radical (unpaired) electrons. The van der Waals surface area contributed by atoms with Gasteiger partial charge in [0.05, 0.1) is 5.75 Å². The van der Waals surface area contributed by atoms with E-state index < -0.39 is 0 Å². The summed E-state index contributed by atoms with van der Waals surface area (Å²) in [7, 11) is 0. The number of nitrogens with zero attached hydrogens (tertiary/aromatic N) is 4. The van der Waals surface area contributed by atoms with Gasteiger partial charge in [-0.2, -0.15) is 0 Å². The first-order valence-corrected chi connectivity index (χ1v) is 6.28. The Kier molecular flexibility index (Phi) is 3.65. The van der Waals surface area contributed by atoms with Crippen LogP contribution in [0.4, 0.5) is 5.13 Å². The Morgan fingerprint density at radius 3 is 2.75 bits per heavy atom. The lowest BCUT2D eigenvalue weighted by atomic mass is 10.4. The van der Waals surface area contributed by atoms with E-state index in [1.54, 1.807) is 12.4 Å². The van der Waals surface area contributed by atoms with Crippen molar-refractivity contribution >= 4 is 28.2 Å². The highest BCUT2D eigenvalue weighted by molar-refractivity contribution is 7.98. The van der Waals surface area contributed by atoms with Crippen LogP contribution in [0.3, 0.4) is 0 Å². The average Bonchev–Trinajstić information content (AvgIpc) is 2.76. The van der Waals surface area contributed by atoms with E-state index >= 15 is 0 Å². The minimum absolute atomic E-state index is 0.612. The van der Waals surface area contributed by atoms with Gasteiger partial charge < -0.3 is 0 Å². The van der Waals surface area contributed by atoms with E-state index in [0.717, 1.165) is 15.7 Å². The van der Waals surface area contributed by atoms with Crippen LogP contribution in [0.25, 0.3) is 0 Å². The molecule has 8 heteroatoms. The predicted octanol–water partition coefficient (Wildman–Crippen LogP) is 1.21. The predicted molar refractivity (Wildman–Crippen MR) is 64.0 cm³/mol. The maximum absolute atomic E-state index is 5.21. The average molecular weight is 254 g/mol. The molecule has 0 saturated carbocycles. The number of hydrogen-bond donors (Lipinski definition) is 2. The molecule has 2 heterocycles. The van der Waals surface area contributed by atoms with Crippen LogP contribution in [-0.4, -0.2) is 20.2 Å². The summed E-state index contributed by atoms with van der Waals surface area (Å²) in [5.41, 5.74) is 3.51. The Morgan fingerprint density at radius 1 is 1.38 bits per heavy atom. The van der Waals surface area contributed by atoms with Gasteiger partial charge in [0.1, 0.15) is 5.01 Å². The fraction of sp³-hybridized carbons (Fsp3) is 0.250. The third-order valence-corrected chi connectivity index (χ3v) is 3.60. The second-order valence-electron chi connectivity index (χ2n) is 2.98. The fourth-order valence-corrected chi connectivity index (χ4v) is 2.37. The number of anilines is 1. The van der Waals surface area contributed by atoms with E-state index in [9.17, 15) is 0 Å². The van der Waals surface area contributed by atoms with Gasteiger partial charge in [-0.25, -0.2) is 15.8 Å². The van der Waals surface area contributed by atoms with Crippen molar-refractivity contribution in [3.63, 3.8) is 0 Å². The number of aryl methyl sites for hydroxylation is 1. The largest absolute Gasteiger partial charge is 0.298 e. The lowest BCUT2D eigenvalue weighted by Gasteiger charge is -1.96. The molecule has 16 heavy (non-hydrogen) atoms. The van der Waals surface area contributed by atoms with Crippen LogP contribution >= 0.6 is 23.1 Å².